The Bertz CT molecular complexity index is 980. The molecule has 7 heteroatoms. The lowest BCUT2D eigenvalue weighted by atomic mass is 10.0. The summed E-state index contributed by atoms with van der Waals surface area (Å²) >= 11 is 1.35. The van der Waals surface area contributed by atoms with Gasteiger partial charge in [0.15, 0.2) is 10.8 Å². The van der Waals surface area contributed by atoms with Gasteiger partial charge in [0.1, 0.15) is 4.88 Å². The minimum atomic E-state index is -0.0423. The second kappa shape index (κ2) is 8.80. The van der Waals surface area contributed by atoms with Gasteiger partial charge in [0.2, 0.25) is 0 Å². The first-order valence-electron chi connectivity index (χ1n) is 9.92. The summed E-state index contributed by atoms with van der Waals surface area (Å²) in [5, 5.41) is 3.88. The predicted molar refractivity (Wildman–Crippen MR) is 115 cm³/mol. The topological polar surface area (TPSA) is 71.0 Å². The van der Waals surface area contributed by atoms with Gasteiger partial charge in [0.25, 0.3) is 5.91 Å². The number of thiazole rings is 1. The Kier molecular flexibility index (Phi) is 5.97. The zero-order chi connectivity index (χ0) is 20.2. The normalized spacial score (nSPS) is 15.4. The number of piperidine rings is 1. The highest BCUT2D eigenvalue weighted by Crippen LogP contribution is 2.25. The fourth-order valence-corrected chi connectivity index (χ4v) is 4.58. The highest BCUT2D eigenvalue weighted by atomic mass is 32.1. The number of carbonyl (C=O) groups is 1. The Hall–Kier alpha value is -2.64. The van der Waals surface area contributed by atoms with Crippen molar-refractivity contribution in [2.45, 2.75) is 39.3 Å². The van der Waals surface area contributed by atoms with Gasteiger partial charge in [-0.25, -0.2) is 15.0 Å². The number of benzene rings is 1. The summed E-state index contributed by atoms with van der Waals surface area (Å²) in [5.41, 5.74) is 3.38. The summed E-state index contributed by atoms with van der Waals surface area (Å²) in [6, 6.07) is 10.6. The first-order chi connectivity index (χ1) is 14.1. The molecule has 0 saturated carbocycles. The number of likely N-dealkylation sites (tertiary alicyclic amines) is 1. The molecule has 4 rings (SSSR count). The van der Waals surface area contributed by atoms with Gasteiger partial charge >= 0.3 is 0 Å². The van der Waals surface area contributed by atoms with Crippen LogP contribution in [0.1, 0.15) is 39.3 Å². The molecule has 1 saturated heterocycles. The maximum Gasteiger partial charge on any atom is 0.263 e. The lowest BCUT2D eigenvalue weighted by molar-refractivity contribution is 0.0912. The monoisotopic (exact) mass is 407 g/mol. The number of carbonyl (C=O) groups excluding carboxylic acids is 1. The minimum Gasteiger partial charge on any atom is -0.348 e. The van der Waals surface area contributed by atoms with Gasteiger partial charge in [0.05, 0.1) is 5.69 Å². The van der Waals surface area contributed by atoms with Crippen molar-refractivity contribution in [3.63, 3.8) is 0 Å². The molecule has 6 nitrogen and oxygen atoms in total. The quantitative estimate of drug-likeness (QED) is 0.700. The lowest BCUT2D eigenvalue weighted by Gasteiger charge is -2.32. The lowest BCUT2D eigenvalue weighted by Crippen LogP contribution is -2.44. The number of aryl methyl sites for hydroxylation is 2. The molecule has 1 aliphatic heterocycles. The fourth-order valence-electron chi connectivity index (χ4n) is 3.67. The summed E-state index contributed by atoms with van der Waals surface area (Å²) in [6.07, 6.45) is 5.29. The Morgan fingerprint density at radius 3 is 2.66 bits per heavy atom. The van der Waals surface area contributed by atoms with Crippen LogP contribution in [0.4, 0.5) is 0 Å². The zero-order valence-electron chi connectivity index (χ0n) is 16.8. The van der Waals surface area contributed by atoms with Gasteiger partial charge in [-0.05, 0) is 38.3 Å². The van der Waals surface area contributed by atoms with E-state index in [1.165, 1.54) is 22.5 Å². The van der Waals surface area contributed by atoms with Crippen molar-refractivity contribution in [1.82, 2.24) is 25.2 Å². The molecule has 3 aromatic rings. The molecular weight excluding hydrogens is 382 g/mol. The third kappa shape index (κ3) is 4.86. The Balaban J connectivity index is 1.33. The third-order valence-electron chi connectivity index (χ3n) is 5.17. The molecule has 3 heterocycles. The average Bonchev–Trinajstić information content (AvgIpc) is 3.12. The molecule has 0 aliphatic carbocycles. The van der Waals surface area contributed by atoms with Gasteiger partial charge in [0, 0.05) is 38.1 Å². The molecule has 1 N–H and O–H groups in total. The molecule has 0 unspecified atom stereocenters. The molecule has 2 aromatic heterocycles. The Morgan fingerprint density at radius 1 is 1.17 bits per heavy atom. The Labute approximate surface area is 175 Å². The van der Waals surface area contributed by atoms with E-state index in [-0.39, 0.29) is 11.9 Å². The summed E-state index contributed by atoms with van der Waals surface area (Å²) in [5.74, 6) is 0.517. The zero-order valence-corrected chi connectivity index (χ0v) is 17.6. The molecule has 0 bridgehead atoms. The largest absolute Gasteiger partial charge is 0.348 e. The van der Waals surface area contributed by atoms with E-state index in [4.69, 9.17) is 0 Å². The maximum atomic E-state index is 12.8. The molecule has 1 amide bonds. The molecule has 1 aromatic carbocycles. The standard InChI is InChI=1S/C22H25N5OS/c1-15-5-3-6-17(13-15)14-27-11-7-18(8-12-27)26-21(28)19-16(2)25-22(29-19)20-23-9-4-10-24-20/h3-6,9-10,13,18H,7-8,11-12,14H2,1-2H3,(H,26,28). The van der Waals surface area contributed by atoms with Crippen LogP contribution in [-0.2, 0) is 6.54 Å². The van der Waals surface area contributed by atoms with E-state index < -0.39 is 0 Å². The van der Waals surface area contributed by atoms with E-state index >= 15 is 0 Å². The first kappa shape index (κ1) is 19.7. The van der Waals surface area contributed by atoms with Crippen LogP contribution in [0.3, 0.4) is 0 Å². The highest BCUT2D eigenvalue weighted by molar-refractivity contribution is 7.17. The van der Waals surface area contributed by atoms with Crippen molar-refractivity contribution in [3.05, 3.63) is 64.4 Å². The third-order valence-corrected chi connectivity index (χ3v) is 6.32. The smallest absolute Gasteiger partial charge is 0.263 e. The number of hydrogen-bond donors (Lipinski definition) is 1. The van der Waals surface area contributed by atoms with Crippen LogP contribution in [0.5, 0.6) is 0 Å². The first-order valence-corrected chi connectivity index (χ1v) is 10.7. The number of nitrogens with one attached hydrogen (secondary N) is 1. The molecule has 150 valence electrons. The van der Waals surface area contributed by atoms with Gasteiger partial charge in [-0.2, -0.15) is 0 Å². The molecule has 29 heavy (non-hydrogen) atoms. The van der Waals surface area contributed by atoms with Crippen molar-refractivity contribution in [2.24, 2.45) is 0 Å². The average molecular weight is 408 g/mol. The van der Waals surface area contributed by atoms with Gasteiger partial charge < -0.3 is 5.32 Å². The fraction of sp³-hybridized carbons (Fsp3) is 0.364. The minimum absolute atomic E-state index is 0.0423. The van der Waals surface area contributed by atoms with Crippen molar-refractivity contribution in [3.8, 4) is 10.8 Å². The van der Waals surface area contributed by atoms with Crippen LogP contribution in [0.15, 0.2) is 42.7 Å². The predicted octanol–water partition coefficient (Wildman–Crippen LogP) is 3.61. The van der Waals surface area contributed by atoms with E-state index in [9.17, 15) is 4.79 Å². The van der Waals surface area contributed by atoms with Gasteiger partial charge in [-0.1, -0.05) is 29.8 Å². The number of amides is 1. The second-order valence-electron chi connectivity index (χ2n) is 7.52. The van der Waals surface area contributed by atoms with Crippen LogP contribution in [0, 0.1) is 13.8 Å². The van der Waals surface area contributed by atoms with E-state index in [0.717, 1.165) is 38.2 Å². The number of nitrogens with zero attached hydrogens (tertiary/aromatic N) is 4. The van der Waals surface area contributed by atoms with Crippen LogP contribution in [-0.4, -0.2) is 44.9 Å². The number of hydrogen-bond acceptors (Lipinski definition) is 6. The second-order valence-corrected chi connectivity index (χ2v) is 8.52. The van der Waals surface area contributed by atoms with Crippen molar-refractivity contribution in [2.75, 3.05) is 13.1 Å². The summed E-state index contributed by atoms with van der Waals surface area (Å²) < 4.78 is 0. The van der Waals surface area contributed by atoms with Crippen LogP contribution in [0.25, 0.3) is 10.8 Å². The van der Waals surface area contributed by atoms with Crippen LogP contribution >= 0.6 is 11.3 Å². The van der Waals surface area contributed by atoms with Crippen molar-refractivity contribution < 1.29 is 4.79 Å². The number of rotatable bonds is 5. The van der Waals surface area contributed by atoms with Gasteiger partial charge in [-0.15, -0.1) is 11.3 Å². The van der Waals surface area contributed by atoms with E-state index in [1.54, 1.807) is 18.5 Å². The molecule has 1 fully saturated rings. The maximum absolute atomic E-state index is 12.8. The summed E-state index contributed by atoms with van der Waals surface area (Å²) in [6.45, 7) is 6.94. The summed E-state index contributed by atoms with van der Waals surface area (Å²) in [7, 11) is 0. The van der Waals surface area contributed by atoms with Gasteiger partial charge in [-0.3, -0.25) is 9.69 Å². The van der Waals surface area contributed by atoms with Crippen LogP contribution < -0.4 is 5.32 Å². The van der Waals surface area contributed by atoms with Crippen LogP contribution in [0.2, 0.25) is 0 Å². The summed E-state index contributed by atoms with van der Waals surface area (Å²) in [4.78, 5) is 28.8. The van der Waals surface area contributed by atoms with Crippen molar-refractivity contribution in [1.29, 1.82) is 0 Å². The highest BCUT2D eigenvalue weighted by Gasteiger charge is 2.24. The number of aromatic nitrogens is 3. The molecule has 0 spiro atoms. The van der Waals surface area contributed by atoms with E-state index in [2.05, 4.69) is 56.4 Å². The van der Waals surface area contributed by atoms with E-state index in [1.807, 2.05) is 6.92 Å². The molecular formula is C22H25N5OS. The van der Waals surface area contributed by atoms with E-state index in [0.29, 0.717) is 15.7 Å². The molecule has 0 atom stereocenters. The molecule has 1 aliphatic rings. The Morgan fingerprint density at radius 2 is 1.93 bits per heavy atom. The van der Waals surface area contributed by atoms with Crippen molar-refractivity contribution >= 4 is 17.2 Å². The molecule has 0 radical (unpaired) electrons. The SMILES string of the molecule is Cc1cccc(CN2CCC(NC(=O)c3sc(-c4ncccn4)nc3C)CC2)c1.